The van der Waals surface area contributed by atoms with Crippen molar-refractivity contribution >= 4 is 28.8 Å². The predicted molar refractivity (Wildman–Crippen MR) is 99.3 cm³/mol. The summed E-state index contributed by atoms with van der Waals surface area (Å²) in [6, 6.07) is 10.8. The first-order valence-corrected chi connectivity index (χ1v) is 8.77. The molecule has 25 heavy (non-hydrogen) atoms. The van der Waals surface area contributed by atoms with Crippen LogP contribution in [0.4, 0.5) is 0 Å². The van der Waals surface area contributed by atoms with Crippen molar-refractivity contribution in [3.8, 4) is 17.0 Å². The van der Waals surface area contributed by atoms with E-state index in [2.05, 4.69) is 15.3 Å². The molecule has 0 unspecified atom stereocenters. The Labute approximate surface area is 154 Å². The third-order valence-corrected chi connectivity index (χ3v) is 4.80. The van der Waals surface area contributed by atoms with Gasteiger partial charge in [-0.05, 0) is 37.3 Å². The molecule has 0 saturated heterocycles. The number of rotatable bonds is 5. The largest absolute Gasteiger partial charge is 0.495 e. The Morgan fingerprint density at radius 1 is 1.32 bits per heavy atom. The summed E-state index contributed by atoms with van der Waals surface area (Å²) in [5, 5.41) is 4.33. The molecule has 2 aromatic heterocycles. The van der Waals surface area contributed by atoms with Gasteiger partial charge < -0.3 is 10.1 Å². The lowest BCUT2D eigenvalue weighted by Crippen LogP contribution is -2.23. The van der Waals surface area contributed by atoms with Gasteiger partial charge in [0, 0.05) is 11.8 Å². The predicted octanol–water partition coefficient (Wildman–Crippen LogP) is 4.11. The smallest absolute Gasteiger partial charge is 0.270 e. The Morgan fingerprint density at radius 3 is 2.84 bits per heavy atom. The van der Waals surface area contributed by atoms with Gasteiger partial charge in [0.25, 0.3) is 5.91 Å². The van der Waals surface area contributed by atoms with Gasteiger partial charge in [0.2, 0.25) is 0 Å². The molecule has 0 saturated carbocycles. The minimum Gasteiger partial charge on any atom is -0.495 e. The van der Waals surface area contributed by atoms with Crippen molar-refractivity contribution in [1.82, 2.24) is 15.3 Å². The van der Waals surface area contributed by atoms with Gasteiger partial charge in [0.15, 0.2) is 0 Å². The molecule has 7 heteroatoms. The fourth-order valence-corrected chi connectivity index (χ4v) is 3.53. The molecule has 0 aliphatic carbocycles. The maximum atomic E-state index is 12.2. The number of amides is 1. The van der Waals surface area contributed by atoms with E-state index in [1.54, 1.807) is 42.8 Å². The number of nitrogens with one attached hydrogen (secondary N) is 1. The summed E-state index contributed by atoms with van der Waals surface area (Å²) in [5.41, 5.74) is 2.09. The zero-order valence-electron chi connectivity index (χ0n) is 13.7. The van der Waals surface area contributed by atoms with E-state index in [4.69, 9.17) is 16.3 Å². The second-order valence-electron chi connectivity index (χ2n) is 5.25. The van der Waals surface area contributed by atoms with Gasteiger partial charge in [-0.2, -0.15) is 0 Å². The highest BCUT2D eigenvalue weighted by Crippen LogP contribution is 2.33. The summed E-state index contributed by atoms with van der Waals surface area (Å²) in [4.78, 5) is 21.8. The number of thiazole rings is 1. The first-order chi connectivity index (χ1) is 12.1. The average molecular weight is 374 g/mol. The van der Waals surface area contributed by atoms with Gasteiger partial charge in [-0.15, -0.1) is 11.3 Å². The Hall–Kier alpha value is -2.44. The van der Waals surface area contributed by atoms with Crippen LogP contribution in [0.25, 0.3) is 11.3 Å². The molecule has 3 rings (SSSR count). The van der Waals surface area contributed by atoms with Crippen LogP contribution in [0.15, 0.2) is 42.6 Å². The summed E-state index contributed by atoms with van der Waals surface area (Å²) >= 11 is 7.76. The van der Waals surface area contributed by atoms with E-state index >= 15 is 0 Å². The molecule has 1 aromatic carbocycles. The highest BCUT2D eigenvalue weighted by atomic mass is 35.5. The number of pyridine rings is 1. The van der Waals surface area contributed by atoms with Gasteiger partial charge in [-0.25, -0.2) is 4.98 Å². The zero-order valence-corrected chi connectivity index (χ0v) is 15.3. The first kappa shape index (κ1) is 17.4. The summed E-state index contributed by atoms with van der Waals surface area (Å²) in [6.45, 7) is 2.31. The molecule has 0 atom stereocenters. The second-order valence-corrected chi connectivity index (χ2v) is 6.95. The molecule has 0 spiro atoms. The van der Waals surface area contributed by atoms with Gasteiger partial charge >= 0.3 is 0 Å². The van der Waals surface area contributed by atoms with Crippen LogP contribution < -0.4 is 10.1 Å². The number of nitrogens with zero attached hydrogens (tertiary/aromatic N) is 2. The monoisotopic (exact) mass is 373 g/mol. The lowest BCUT2D eigenvalue weighted by Gasteiger charge is -2.07. The summed E-state index contributed by atoms with van der Waals surface area (Å²) in [5.74, 6) is 0.396. The third kappa shape index (κ3) is 3.97. The van der Waals surface area contributed by atoms with Crippen molar-refractivity contribution in [1.29, 1.82) is 0 Å². The number of aromatic nitrogens is 2. The maximum absolute atomic E-state index is 12.2. The van der Waals surface area contributed by atoms with Crippen molar-refractivity contribution in [2.75, 3.05) is 7.11 Å². The van der Waals surface area contributed by atoms with Crippen molar-refractivity contribution in [2.24, 2.45) is 0 Å². The van der Waals surface area contributed by atoms with Gasteiger partial charge in [-0.3, -0.25) is 9.78 Å². The Bertz CT molecular complexity index is 897. The fraction of sp³-hybridized carbons (Fsp3) is 0.167. The molecule has 2 heterocycles. The molecular weight excluding hydrogens is 358 g/mol. The first-order valence-electron chi connectivity index (χ1n) is 7.58. The number of aryl methyl sites for hydroxylation is 1. The quantitative estimate of drug-likeness (QED) is 0.731. The van der Waals surface area contributed by atoms with E-state index in [9.17, 15) is 4.79 Å². The standard InChI is InChI=1S/C18H16ClN3O2S/c1-11-22-17(12-6-7-15(24-2)13(19)9-12)16(25-11)10-21-18(23)14-5-3-4-8-20-14/h3-9H,10H2,1-2H3,(H,21,23). The van der Waals surface area contributed by atoms with Crippen LogP contribution in [-0.4, -0.2) is 23.0 Å². The average Bonchev–Trinajstić information content (AvgIpc) is 3.01. The topological polar surface area (TPSA) is 64.1 Å². The van der Waals surface area contributed by atoms with E-state index in [1.165, 1.54) is 0 Å². The van der Waals surface area contributed by atoms with Crippen LogP contribution in [0, 0.1) is 6.92 Å². The van der Waals surface area contributed by atoms with Gasteiger partial charge in [0.1, 0.15) is 11.4 Å². The molecular formula is C18H16ClN3O2S. The van der Waals surface area contributed by atoms with Crippen molar-refractivity contribution in [3.63, 3.8) is 0 Å². The summed E-state index contributed by atoms with van der Waals surface area (Å²) in [6.07, 6.45) is 1.59. The number of hydrogen-bond acceptors (Lipinski definition) is 5. The lowest BCUT2D eigenvalue weighted by atomic mass is 10.1. The van der Waals surface area contributed by atoms with Crippen molar-refractivity contribution in [2.45, 2.75) is 13.5 Å². The highest BCUT2D eigenvalue weighted by Gasteiger charge is 2.15. The Kier molecular flexibility index (Phi) is 5.31. The normalized spacial score (nSPS) is 10.5. The van der Waals surface area contributed by atoms with Crippen LogP contribution in [-0.2, 0) is 6.54 Å². The Balaban J connectivity index is 1.82. The minimum absolute atomic E-state index is 0.217. The van der Waals surface area contributed by atoms with E-state index < -0.39 is 0 Å². The summed E-state index contributed by atoms with van der Waals surface area (Å²) in [7, 11) is 1.58. The molecule has 5 nitrogen and oxygen atoms in total. The molecule has 128 valence electrons. The van der Waals surface area contributed by atoms with Crippen LogP contribution >= 0.6 is 22.9 Å². The van der Waals surface area contributed by atoms with E-state index in [0.717, 1.165) is 21.1 Å². The molecule has 1 N–H and O–H groups in total. The maximum Gasteiger partial charge on any atom is 0.270 e. The van der Waals surface area contributed by atoms with E-state index in [0.29, 0.717) is 23.0 Å². The number of halogens is 1. The van der Waals surface area contributed by atoms with Crippen LogP contribution in [0.1, 0.15) is 20.4 Å². The minimum atomic E-state index is -0.217. The van der Waals surface area contributed by atoms with Crippen LogP contribution in [0.2, 0.25) is 5.02 Å². The molecule has 3 aromatic rings. The molecule has 1 amide bonds. The molecule has 0 fully saturated rings. The van der Waals surface area contributed by atoms with Gasteiger partial charge in [0.05, 0.1) is 34.3 Å². The Morgan fingerprint density at radius 2 is 2.16 bits per heavy atom. The molecule has 0 aliphatic rings. The number of carbonyl (C=O) groups excluding carboxylic acids is 1. The summed E-state index contributed by atoms with van der Waals surface area (Å²) < 4.78 is 5.19. The zero-order chi connectivity index (χ0) is 17.8. The van der Waals surface area contributed by atoms with Gasteiger partial charge in [-0.1, -0.05) is 17.7 Å². The number of ether oxygens (including phenoxy) is 1. The van der Waals surface area contributed by atoms with E-state index in [-0.39, 0.29) is 5.91 Å². The SMILES string of the molecule is COc1ccc(-c2nc(C)sc2CNC(=O)c2ccccn2)cc1Cl. The highest BCUT2D eigenvalue weighted by molar-refractivity contribution is 7.12. The fourth-order valence-electron chi connectivity index (χ4n) is 2.38. The van der Waals surface area contributed by atoms with Crippen molar-refractivity contribution < 1.29 is 9.53 Å². The van der Waals surface area contributed by atoms with Crippen LogP contribution in [0.5, 0.6) is 5.75 Å². The number of carbonyl (C=O) groups is 1. The van der Waals surface area contributed by atoms with Crippen LogP contribution in [0.3, 0.4) is 0 Å². The number of hydrogen-bond donors (Lipinski definition) is 1. The second kappa shape index (κ2) is 7.63. The van der Waals surface area contributed by atoms with Crippen molar-refractivity contribution in [3.05, 3.63) is 63.2 Å². The van der Waals surface area contributed by atoms with E-state index in [1.807, 2.05) is 25.1 Å². The molecule has 0 bridgehead atoms. The molecule has 0 aliphatic heterocycles. The molecule has 0 radical (unpaired) electrons. The third-order valence-electron chi connectivity index (χ3n) is 3.54. The number of benzene rings is 1. The lowest BCUT2D eigenvalue weighted by molar-refractivity contribution is 0.0946. The number of methoxy groups -OCH3 is 1.